The fraction of sp³-hybridized carbons (Fsp3) is 0.385. The van der Waals surface area contributed by atoms with Gasteiger partial charge >= 0.3 is 0 Å². The molecule has 0 atom stereocenters. The monoisotopic (exact) mass is 481 g/mol. The minimum Gasteiger partial charge on any atom is -0.345 e. The Balaban J connectivity index is 1.71. The molecule has 2 aromatic heterocycles. The Morgan fingerprint density at radius 3 is 2.71 bits per heavy atom. The predicted molar refractivity (Wildman–Crippen MR) is 135 cm³/mol. The minimum absolute atomic E-state index is 0.0339. The molecule has 3 rings (SSSR count). The SMILES string of the molecule is CC(C)Cn1c(Cn2ccnc(NC(=O)CCC/C=C/C(=O)N(C)C)c2=O)cc2cc(F)ccc21. The molecule has 0 spiro atoms. The van der Waals surface area contributed by atoms with E-state index >= 15 is 0 Å². The van der Waals surface area contributed by atoms with Gasteiger partial charge in [0.05, 0.1) is 6.54 Å². The number of allylic oxidation sites excluding steroid dienone is 1. The summed E-state index contributed by atoms with van der Waals surface area (Å²) in [6.45, 7) is 5.18. The number of likely N-dealkylation sites (N-methyl/N-ethyl adjacent to an activating group) is 1. The first kappa shape index (κ1) is 25.9. The number of halogens is 1. The molecular formula is C26H32FN5O3. The highest BCUT2D eigenvalue weighted by Gasteiger charge is 2.14. The highest BCUT2D eigenvalue weighted by atomic mass is 19.1. The third-order valence-corrected chi connectivity index (χ3v) is 5.48. The molecule has 0 saturated carbocycles. The summed E-state index contributed by atoms with van der Waals surface area (Å²) in [6, 6.07) is 6.57. The second kappa shape index (κ2) is 11.6. The van der Waals surface area contributed by atoms with Crippen molar-refractivity contribution >= 4 is 28.5 Å². The first-order valence-electron chi connectivity index (χ1n) is 11.7. The molecule has 8 nitrogen and oxygen atoms in total. The summed E-state index contributed by atoms with van der Waals surface area (Å²) in [7, 11) is 3.34. The van der Waals surface area contributed by atoms with Crippen LogP contribution in [-0.2, 0) is 22.7 Å². The number of carbonyl (C=O) groups excluding carboxylic acids is 2. The molecule has 0 aliphatic carbocycles. The van der Waals surface area contributed by atoms with Gasteiger partial charge in [0.25, 0.3) is 5.56 Å². The second-order valence-corrected chi connectivity index (χ2v) is 9.13. The molecule has 3 aromatic rings. The molecule has 9 heteroatoms. The highest BCUT2D eigenvalue weighted by molar-refractivity contribution is 5.89. The van der Waals surface area contributed by atoms with E-state index in [2.05, 4.69) is 28.7 Å². The van der Waals surface area contributed by atoms with Gasteiger partial charge in [-0.05, 0) is 49.1 Å². The smallest absolute Gasteiger partial charge is 0.294 e. The van der Waals surface area contributed by atoms with Gasteiger partial charge in [0.2, 0.25) is 11.8 Å². The molecule has 1 aromatic carbocycles. The molecule has 0 fully saturated rings. The number of benzene rings is 1. The number of hydrogen-bond acceptors (Lipinski definition) is 4. The molecule has 2 heterocycles. The molecule has 0 saturated heterocycles. The average molecular weight is 482 g/mol. The summed E-state index contributed by atoms with van der Waals surface area (Å²) >= 11 is 0. The third kappa shape index (κ3) is 6.88. The van der Waals surface area contributed by atoms with Crippen molar-refractivity contribution in [2.24, 2.45) is 5.92 Å². The fourth-order valence-electron chi connectivity index (χ4n) is 3.75. The topological polar surface area (TPSA) is 89.2 Å². The number of hydrogen-bond donors (Lipinski definition) is 1. The molecule has 0 unspecified atom stereocenters. The van der Waals surface area contributed by atoms with E-state index in [4.69, 9.17) is 0 Å². The van der Waals surface area contributed by atoms with Crippen molar-refractivity contribution in [1.29, 1.82) is 0 Å². The number of anilines is 1. The first-order chi connectivity index (χ1) is 16.7. The Kier molecular flexibility index (Phi) is 8.57. The van der Waals surface area contributed by atoms with E-state index in [1.54, 1.807) is 32.4 Å². The lowest BCUT2D eigenvalue weighted by Gasteiger charge is -2.15. The van der Waals surface area contributed by atoms with Crippen LogP contribution in [0.2, 0.25) is 0 Å². The molecule has 2 amide bonds. The number of fused-ring (bicyclic) bond motifs is 1. The van der Waals surface area contributed by atoms with Gasteiger partial charge in [0, 0.05) is 56.1 Å². The Morgan fingerprint density at radius 2 is 2.00 bits per heavy atom. The van der Waals surface area contributed by atoms with Gasteiger partial charge in [0.1, 0.15) is 5.82 Å². The number of carbonyl (C=O) groups is 2. The van der Waals surface area contributed by atoms with E-state index in [-0.39, 0.29) is 36.4 Å². The van der Waals surface area contributed by atoms with Gasteiger partial charge in [0.15, 0.2) is 5.82 Å². The summed E-state index contributed by atoms with van der Waals surface area (Å²) in [5.74, 6) is -0.413. The van der Waals surface area contributed by atoms with Crippen LogP contribution >= 0.6 is 0 Å². The molecular weight excluding hydrogens is 449 g/mol. The fourth-order valence-corrected chi connectivity index (χ4v) is 3.75. The summed E-state index contributed by atoms with van der Waals surface area (Å²) in [5.41, 5.74) is 1.36. The van der Waals surface area contributed by atoms with Crippen LogP contribution in [0, 0.1) is 11.7 Å². The Labute approximate surface area is 204 Å². The zero-order chi connectivity index (χ0) is 25.5. The number of amides is 2. The van der Waals surface area contributed by atoms with Gasteiger partial charge < -0.3 is 19.4 Å². The average Bonchev–Trinajstić information content (AvgIpc) is 3.11. The number of rotatable bonds is 10. The lowest BCUT2D eigenvalue weighted by molar-refractivity contribution is -0.123. The van der Waals surface area contributed by atoms with Crippen molar-refractivity contribution < 1.29 is 14.0 Å². The van der Waals surface area contributed by atoms with Crippen molar-refractivity contribution in [3.05, 3.63) is 70.7 Å². The van der Waals surface area contributed by atoms with Gasteiger partial charge in [-0.2, -0.15) is 0 Å². The third-order valence-electron chi connectivity index (χ3n) is 5.48. The van der Waals surface area contributed by atoms with Crippen LogP contribution in [0.1, 0.15) is 38.8 Å². The lowest BCUT2D eigenvalue weighted by atomic mass is 10.2. The largest absolute Gasteiger partial charge is 0.345 e. The van der Waals surface area contributed by atoms with E-state index in [9.17, 15) is 18.8 Å². The molecule has 0 radical (unpaired) electrons. The van der Waals surface area contributed by atoms with E-state index in [0.717, 1.165) is 23.1 Å². The van der Waals surface area contributed by atoms with Crippen LogP contribution in [0.3, 0.4) is 0 Å². The highest BCUT2D eigenvalue weighted by Crippen LogP contribution is 2.23. The van der Waals surface area contributed by atoms with E-state index in [0.29, 0.717) is 18.8 Å². The maximum atomic E-state index is 13.8. The van der Waals surface area contributed by atoms with Crippen molar-refractivity contribution in [1.82, 2.24) is 19.0 Å². The summed E-state index contributed by atoms with van der Waals surface area (Å²) < 4.78 is 17.4. The van der Waals surface area contributed by atoms with Crippen LogP contribution in [0.25, 0.3) is 10.9 Å². The molecule has 35 heavy (non-hydrogen) atoms. The van der Waals surface area contributed by atoms with Gasteiger partial charge in [-0.3, -0.25) is 14.4 Å². The first-order valence-corrected chi connectivity index (χ1v) is 11.7. The van der Waals surface area contributed by atoms with Crippen LogP contribution in [-0.4, -0.2) is 44.9 Å². The normalized spacial score (nSPS) is 11.5. The molecule has 1 N–H and O–H groups in total. The minimum atomic E-state index is -0.412. The summed E-state index contributed by atoms with van der Waals surface area (Å²) in [6.07, 6.45) is 7.55. The Hall–Kier alpha value is -3.75. The predicted octanol–water partition coefficient (Wildman–Crippen LogP) is 3.79. The van der Waals surface area contributed by atoms with Gasteiger partial charge in [-0.1, -0.05) is 19.9 Å². The Bertz CT molecular complexity index is 1290. The number of nitrogens with one attached hydrogen (secondary N) is 1. The van der Waals surface area contributed by atoms with Gasteiger partial charge in [-0.15, -0.1) is 0 Å². The van der Waals surface area contributed by atoms with E-state index in [1.807, 2.05) is 6.07 Å². The summed E-state index contributed by atoms with van der Waals surface area (Å²) in [4.78, 5) is 42.3. The summed E-state index contributed by atoms with van der Waals surface area (Å²) in [5, 5.41) is 3.37. The molecule has 186 valence electrons. The van der Waals surface area contributed by atoms with E-state index in [1.165, 1.54) is 33.9 Å². The van der Waals surface area contributed by atoms with Crippen LogP contribution in [0.4, 0.5) is 10.2 Å². The second-order valence-electron chi connectivity index (χ2n) is 9.13. The molecule has 0 aliphatic heterocycles. The van der Waals surface area contributed by atoms with Crippen molar-refractivity contribution in [2.75, 3.05) is 19.4 Å². The number of nitrogens with zero attached hydrogens (tertiary/aromatic N) is 4. The van der Waals surface area contributed by atoms with Crippen molar-refractivity contribution in [2.45, 2.75) is 46.2 Å². The maximum Gasteiger partial charge on any atom is 0.294 e. The quantitative estimate of drug-likeness (QED) is 0.352. The zero-order valence-corrected chi connectivity index (χ0v) is 20.6. The maximum absolute atomic E-state index is 13.8. The number of unbranched alkanes of at least 4 members (excludes halogenated alkanes) is 1. The molecule has 0 bridgehead atoms. The van der Waals surface area contributed by atoms with Crippen molar-refractivity contribution in [3.63, 3.8) is 0 Å². The van der Waals surface area contributed by atoms with Gasteiger partial charge in [-0.25, -0.2) is 9.37 Å². The zero-order valence-electron chi connectivity index (χ0n) is 20.6. The Morgan fingerprint density at radius 1 is 1.23 bits per heavy atom. The van der Waals surface area contributed by atoms with Crippen LogP contribution in [0.15, 0.2) is 53.6 Å². The lowest BCUT2D eigenvalue weighted by Crippen LogP contribution is -2.27. The van der Waals surface area contributed by atoms with E-state index < -0.39 is 5.56 Å². The van der Waals surface area contributed by atoms with Crippen LogP contribution in [0.5, 0.6) is 0 Å². The van der Waals surface area contributed by atoms with Crippen LogP contribution < -0.4 is 10.9 Å². The van der Waals surface area contributed by atoms with Crippen molar-refractivity contribution in [3.8, 4) is 0 Å². The number of aromatic nitrogens is 3. The molecule has 0 aliphatic rings. The standard InChI is InChI=1S/C26H32FN5O3/c1-18(2)16-32-21(15-19-14-20(27)10-11-22(19)32)17-31-13-12-28-25(26(31)35)29-23(33)8-6-5-7-9-24(34)30(3)4/h7,9-15,18H,5-6,8,16-17H2,1-4H3,(H,28,29,33)/b9-7+.